The molecule has 2 N–H and O–H groups in total. The summed E-state index contributed by atoms with van der Waals surface area (Å²) in [5.74, 6) is -0.605. The molecule has 1 aliphatic heterocycles. The Morgan fingerprint density at radius 1 is 1.33 bits per heavy atom. The molecule has 1 aliphatic rings. The molecule has 1 aromatic rings. The third-order valence-electron chi connectivity index (χ3n) is 3.67. The highest BCUT2D eigenvalue weighted by Gasteiger charge is 2.31. The van der Waals surface area contributed by atoms with Gasteiger partial charge in [0.15, 0.2) is 0 Å². The van der Waals surface area contributed by atoms with Crippen LogP contribution in [-0.2, 0) is 6.54 Å². The third-order valence-corrected chi connectivity index (χ3v) is 3.67. The van der Waals surface area contributed by atoms with Crippen LogP contribution in [0, 0.1) is 17.6 Å². The number of halogens is 2. The quantitative estimate of drug-likeness (QED) is 0.898. The Bertz CT molecular complexity index is 409. The summed E-state index contributed by atoms with van der Waals surface area (Å²) < 4.78 is 28.1. The molecule has 0 bridgehead atoms. The van der Waals surface area contributed by atoms with Crippen molar-refractivity contribution in [3.63, 3.8) is 0 Å². The van der Waals surface area contributed by atoms with Crippen molar-refractivity contribution in [2.75, 3.05) is 11.4 Å². The zero-order chi connectivity index (χ0) is 13.3. The lowest BCUT2D eigenvalue weighted by molar-refractivity contribution is 0.477. The summed E-state index contributed by atoms with van der Waals surface area (Å²) in [4.78, 5) is 1.87. The SMILES string of the molecule is CC(C)C1CCCN1c1c(F)cc(CN)cc1F. The minimum Gasteiger partial charge on any atom is -0.364 e. The van der Waals surface area contributed by atoms with E-state index in [4.69, 9.17) is 5.73 Å². The maximum Gasteiger partial charge on any atom is 0.149 e. The van der Waals surface area contributed by atoms with Crippen molar-refractivity contribution in [1.29, 1.82) is 0 Å². The van der Waals surface area contributed by atoms with Crippen molar-refractivity contribution < 1.29 is 8.78 Å². The van der Waals surface area contributed by atoms with Crippen molar-refractivity contribution in [2.45, 2.75) is 39.3 Å². The van der Waals surface area contributed by atoms with Gasteiger partial charge >= 0.3 is 0 Å². The Labute approximate surface area is 107 Å². The summed E-state index contributed by atoms with van der Waals surface area (Å²) in [5.41, 5.74) is 6.03. The van der Waals surface area contributed by atoms with Gasteiger partial charge in [0.25, 0.3) is 0 Å². The molecule has 2 nitrogen and oxygen atoms in total. The second kappa shape index (κ2) is 5.22. The van der Waals surface area contributed by atoms with Gasteiger partial charge in [0, 0.05) is 19.1 Å². The molecule has 0 aliphatic carbocycles. The van der Waals surface area contributed by atoms with Crippen LogP contribution in [0.2, 0.25) is 0 Å². The number of benzene rings is 1. The van der Waals surface area contributed by atoms with E-state index in [9.17, 15) is 8.78 Å². The van der Waals surface area contributed by atoms with E-state index in [0.717, 1.165) is 19.4 Å². The molecule has 0 saturated carbocycles. The third kappa shape index (κ3) is 2.34. The van der Waals surface area contributed by atoms with Gasteiger partial charge in [-0.05, 0) is 36.5 Å². The average molecular weight is 254 g/mol. The van der Waals surface area contributed by atoms with Crippen LogP contribution in [0.4, 0.5) is 14.5 Å². The molecule has 1 heterocycles. The summed E-state index contributed by atoms with van der Waals surface area (Å²) in [6.45, 7) is 5.06. The van der Waals surface area contributed by atoms with Crippen LogP contribution < -0.4 is 10.6 Å². The molecule has 2 rings (SSSR count). The van der Waals surface area contributed by atoms with Crippen molar-refractivity contribution in [1.82, 2.24) is 0 Å². The minimum atomic E-state index is -0.497. The van der Waals surface area contributed by atoms with Gasteiger partial charge in [-0.15, -0.1) is 0 Å². The number of hydrogen-bond donors (Lipinski definition) is 1. The molecule has 18 heavy (non-hydrogen) atoms. The second-order valence-corrected chi connectivity index (χ2v) is 5.26. The predicted octanol–water partition coefficient (Wildman–Crippen LogP) is 3.05. The standard InChI is InChI=1S/C14H20F2N2/c1-9(2)13-4-3-5-18(13)14-11(15)6-10(8-17)7-12(14)16/h6-7,9,13H,3-5,8,17H2,1-2H3. The molecule has 0 spiro atoms. The Hall–Kier alpha value is -1.16. The van der Waals surface area contributed by atoms with Crippen LogP contribution in [0.3, 0.4) is 0 Å². The van der Waals surface area contributed by atoms with Gasteiger partial charge in [0.1, 0.15) is 17.3 Å². The highest BCUT2D eigenvalue weighted by Crippen LogP contribution is 2.33. The average Bonchev–Trinajstić information content (AvgIpc) is 2.77. The first kappa shape index (κ1) is 13.3. The molecule has 4 heteroatoms. The number of nitrogens with zero attached hydrogens (tertiary/aromatic N) is 1. The van der Waals surface area contributed by atoms with E-state index >= 15 is 0 Å². The molecule has 0 radical (unpaired) electrons. The number of anilines is 1. The Kier molecular flexibility index (Phi) is 3.85. The molecule has 0 aromatic heterocycles. The smallest absolute Gasteiger partial charge is 0.149 e. The highest BCUT2D eigenvalue weighted by molar-refractivity contribution is 5.52. The van der Waals surface area contributed by atoms with Crippen LogP contribution >= 0.6 is 0 Å². The van der Waals surface area contributed by atoms with Gasteiger partial charge in [-0.2, -0.15) is 0 Å². The van der Waals surface area contributed by atoms with Gasteiger partial charge < -0.3 is 10.6 Å². The van der Waals surface area contributed by atoms with Crippen molar-refractivity contribution >= 4 is 5.69 Å². The number of rotatable bonds is 3. The summed E-state index contributed by atoms with van der Waals surface area (Å²) in [5, 5.41) is 0. The van der Waals surface area contributed by atoms with Gasteiger partial charge in [0.05, 0.1) is 0 Å². The van der Waals surface area contributed by atoms with E-state index in [2.05, 4.69) is 13.8 Å². The maximum absolute atomic E-state index is 14.0. The lowest BCUT2D eigenvalue weighted by atomic mass is 10.0. The van der Waals surface area contributed by atoms with Crippen LogP contribution in [0.1, 0.15) is 32.3 Å². The lowest BCUT2D eigenvalue weighted by Crippen LogP contribution is -2.34. The Morgan fingerprint density at radius 3 is 2.44 bits per heavy atom. The lowest BCUT2D eigenvalue weighted by Gasteiger charge is -2.30. The van der Waals surface area contributed by atoms with E-state index < -0.39 is 11.6 Å². The number of hydrogen-bond acceptors (Lipinski definition) is 2. The molecular formula is C14H20F2N2. The summed E-state index contributed by atoms with van der Waals surface area (Å²) >= 11 is 0. The van der Waals surface area contributed by atoms with Crippen molar-refractivity contribution in [3.8, 4) is 0 Å². The van der Waals surface area contributed by atoms with E-state index in [-0.39, 0.29) is 18.3 Å². The zero-order valence-corrected chi connectivity index (χ0v) is 10.9. The van der Waals surface area contributed by atoms with Crippen molar-refractivity contribution in [3.05, 3.63) is 29.3 Å². The second-order valence-electron chi connectivity index (χ2n) is 5.26. The first-order chi connectivity index (χ1) is 8.54. The molecule has 1 unspecified atom stereocenters. The highest BCUT2D eigenvalue weighted by atomic mass is 19.1. The normalized spacial score (nSPS) is 19.9. The topological polar surface area (TPSA) is 29.3 Å². The molecule has 1 atom stereocenters. The summed E-state index contributed by atoms with van der Waals surface area (Å²) in [6.07, 6.45) is 1.98. The fourth-order valence-electron chi connectivity index (χ4n) is 2.77. The monoisotopic (exact) mass is 254 g/mol. The first-order valence-corrected chi connectivity index (χ1v) is 6.49. The Balaban J connectivity index is 2.38. The molecule has 1 saturated heterocycles. The van der Waals surface area contributed by atoms with E-state index in [0.29, 0.717) is 11.5 Å². The van der Waals surface area contributed by atoms with Gasteiger partial charge in [-0.1, -0.05) is 13.8 Å². The maximum atomic E-state index is 14.0. The Morgan fingerprint density at radius 2 is 1.94 bits per heavy atom. The summed E-state index contributed by atoms with van der Waals surface area (Å²) in [6, 6.07) is 2.90. The molecular weight excluding hydrogens is 234 g/mol. The first-order valence-electron chi connectivity index (χ1n) is 6.49. The van der Waals surface area contributed by atoms with Crippen LogP contribution in [0.15, 0.2) is 12.1 Å². The molecule has 100 valence electrons. The molecule has 1 aromatic carbocycles. The summed E-state index contributed by atoms with van der Waals surface area (Å²) in [7, 11) is 0. The van der Waals surface area contributed by atoms with Crippen molar-refractivity contribution in [2.24, 2.45) is 11.7 Å². The van der Waals surface area contributed by atoms with Crippen LogP contribution in [0.5, 0.6) is 0 Å². The fraction of sp³-hybridized carbons (Fsp3) is 0.571. The number of nitrogens with two attached hydrogens (primary N) is 1. The largest absolute Gasteiger partial charge is 0.364 e. The fourth-order valence-corrected chi connectivity index (χ4v) is 2.77. The van der Waals surface area contributed by atoms with Gasteiger partial charge in [-0.25, -0.2) is 8.78 Å². The van der Waals surface area contributed by atoms with Gasteiger partial charge in [0.2, 0.25) is 0 Å². The minimum absolute atomic E-state index is 0.114. The zero-order valence-electron chi connectivity index (χ0n) is 10.9. The van der Waals surface area contributed by atoms with E-state index in [1.54, 1.807) is 0 Å². The van der Waals surface area contributed by atoms with Crippen LogP contribution in [0.25, 0.3) is 0 Å². The van der Waals surface area contributed by atoms with Crippen LogP contribution in [-0.4, -0.2) is 12.6 Å². The van der Waals surface area contributed by atoms with E-state index in [1.807, 2.05) is 4.90 Å². The van der Waals surface area contributed by atoms with Gasteiger partial charge in [-0.3, -0.25) is 0 Å². The molecule has 0 amide bonds. The van der Waals surface area contributed by atoms with E-state index in [1.165, 1.54) is 12.1 Å². The molecule has 1 fully saturated rings. The predicted molar refractivity (Wildman–Crippen MR) is 69.5 cm³/mol.